The molecule has 6 nitrogen and oxygen atoms in total. The zero-order valence-corrected chi connectivity index (χ0v) is 8.47. The molecule has 0 spiro atoms. The number of rotatable bonds is 3. The number of nitrogens with one attached hydrogen (secondary N) is 3. The van der Waals surface area contributed by atoms with Crippen LogP contribution in [0.3, 0.4) is 0 Å². The van der Waals surface area contributed by atoms with E-state index in [-0.39, 0.29) is 6.03 Å². The molecule has 0 bridgehead atoms. The van der Waals surface area contributed by atoms with Gasteiger partial charge in [0.05, 0.1) is 24.1 Å². The molecule has 0 aliphatic heterocycles. The Balaban J connectivity index is 1.80. The van der Waals surface area contributed by atoms with Crippen LogP contribution in [-0.2, 0) is 6.54 Å². The fourth-order valence-electron chi connectivity index (χ4n) is 1.17. The van der Waals surface area contributed by atoms with Gasteiger partial charge < -0.3 is 10.6 Å². The first-order valence-electron chi connectivity index (χ1n) is 4.78. The van der Waals surface area contributed by atoms with Gasteiger partial charge in [0.25, 0.3) is 0 Å². The van der Waals surface area contributed by atoms with E-state index < -0.39 is 0 Å². The zero-order valence-electron chi connectivity index (χ0n) is 8.47. The van der Waals surface area contributed by atoms with E-state index in [1.807, 2.05) is 18.2 Å². The molecule has 2 heterocycles. The Morgan fingerprint density at radius 2 is 2.38 bits per heavy atom. The van der Waals surface area contributed by atoms with Crippen molar-refractivity contribution < 1.29 is 4.79 Å². The molecule has 0 saturated carbocycles. The summed E-state index contributed by atoms with van der Waals surface area (Å²) in [7, 11) is 0. The second kappa shape index (κ2) is 4.92. The van der Waals surface area contributed by atoms with Crippen LogP contribution in [0.25, 0.3) is 0 Å². The highest BCUT2D eigenvalue weighted by molar-refractivity contribution is 5.88. The van der Waals surface area contributed by atoms with Gasteiger partial charge in [-0.25, -0.2) is 4.79 Å². The standard InChI is InChI=1S/C10H11N5O/c16-10(15-9-6-13-14-7-9)12-5-8-3-1-2-4-11-8/h1-4,6-7H,5H2,(H,13,14)(H2,12,15,16). The highest BCUT2D eigenvalue weighted by Gasteiger charge is 2.01. The topological polar surface area (TPSA) is 82.7 Å². The van der Waals surface area contributed by atoms with Crippen LogP contribution < -0.4 is 10.6 Å². The minimum Gasteiger partial charge on any atom is -0.332 e. The molecule has 0 aliphatic rings. The van der Waals surface area contributed by atoms with E-state index in [0.29, 0.717) is 12.2 Å². The van der Waals surface area contributed by atoms with Gasteiger partial charge in [0, 0.05) is 12.4 Å². The monoisotopic (exact) mass is 217 g/mol. The molecule has 82 valence electrons. The van der Waals surface area contributed by atoms with Crippen LogP contribution in [0.1, 0.15) is 5.69 Å². The van der Waals surface area contributed by atoms with Crippen LogP contribution in [-0.4, -0.2) is 21.2 Å². The van der Waals surface area contributed by atoms with Gasteiger partial charge in [-0.05, 0) is 12.1 Å². The summed E-state index contributed by atoms with van der Waals surface area (Å²) in [4.78, 5) is 15.5. The first-order valence-corrected chi connectivity index (χ1v) is 4.78. The Bertz CT molecular complexity index is 439. The van der Waals surface area contributed by atoms with Crippen molar-refractivity contribution in [2.24, 2.45) is 0 Å². The number of nitrogens with zero attached hydrogens (tertiary/aromatic N) is 2. The summed E-state index contributed by atoms with van der Waals surface area (Å²) in [5, 5.41) is 11.6. The van der Waals surface area contributed by atoms with Crippen LogP contribution in [0.5, 0.6) is 0 Å². The predicted molar refractivity (Wildman–Crippen MR) is 58.7 cm³/mol. The SMILES string of the molecule is O=C(NCc1ccccn1)Nc1cn[nH]c1. The molecule has 16 heavy (non-hydrogen) atoms. The van der Waals surface area contributed by atoms with Crippen molar-refractivity contribution in [1.82, 2.24) is 20.5 Å². The average Bonchev–Trinajstić information content (AvgIpc) is 2.81. The molecule has 0 radical (unpaired) electrons. The maximum Gasteiger partial charge on any atom is 0.319 e. The van der Waals surface area contributed by atoms with Crippen LogP contribution in [0.4, 0.5) is 10.5 Å². The molecule has 0 unspecified atom stereocenters. The summed E-state index contributed by atoms with van der Waals surface area (Å²) in [6.07, 6.45) is 4.81. The summed E-state index contributed by atoms with van der Waals surface area (Å²) in [5.41, 5.74) is 1.43. The number of aromatic nitrogens is 3. The van der Waals surface area contributed by atoms with E-state index in [0.717, 1.165) is 5.69 Å². The van der Waals surface area contributed by atoms with Gasteiger partial charge in [-0.15, -0.1) is 0 Å². The van der Waals surface area contributed by atoms with Crippen molar-refractivity contribution in [3.63, 3.8) is 0 Å². The Morgan fingerprint density at radius 1 is 1.44 bits per heavy atom. The first kappa shape index (κ1) is 10.2. The average molecular weight is 217 g/mol. The van der Waals surface area contributed by atoms with E-state index in [1.165, 1.54) is 6.20 Å². The van der Waals surface area contributed by atoms with E-state index in [9.17, 15) is 4.79 Å². The van der Waals surface area contributed by atoms with Gasteiger partial charge in [0.2, 0.25) is 0 Å². The third-order valence-corrected chi connectivity index (χ3v) is 1.91. The van der Waals surface area contributed by atoms with Gasteiger partial charge in [0.1, 0.15) is 0 Å². The number of H-pyrrole nitrogens is 1. The number of anilines is 1. The van der Waals surface area contributed by atoms with E-state index >= 15 is 0 Å². The lowest BCUT2D eigenvalue weighted by Crippen LogP contribution is -2.28. The lowest BCUT2D eigenvalue weighted by atomic mass is 10.3. The molecule has 0 aliphatic carbocycles. The molecular weight excluding hydrogens is 206 g/mol. The number of hydrogen-bond donors (Lipinski definition) is 3. The quantitative estimate of drug-likeness (QED) is 0.720. The summed E-state index contributed by atoms with van der Waals surface area (Å²) >= 11 is 0. The highest BCUT2D eigenvalue weighted by atomic mass is 16.2. The molecule has 3 N–H and O–H groups in total. The first-order chi connectivity index (χ1) is 7.84. The molecule has 2 aromatic heterocycles. The number of urea groups is 1. The zero-order chi connectivity index (χ0) is 11.2. The molecule has 2 aromatic rings. The van der Waals surface area contributed by atoms with Gasteiger partial charge in [-0.3, -0.25) is 10.1 Å². The van der Waals surface area contributed by atoms with Gasteiger partial charge in [0.15, 0.2) is 0 Å². The Morgan fingerprint density at radius 3 is 3.06 bits per heavy atom. The number of carbonyl (C=O) groups excluding carboxylic acids is 1. The summed E-state index contributed by atoms with van der Waals surface area (Å²) in [6.45, 7) is 0.393. The predicted octanol–water partition coefficient (Wildman–Crippen LogP) is 1.13. The van der Waals surface area contributed by atoms with Crippen LogP contribution in [0, 0.1) is 0 Å². The molecule has 0 aromatic carbocycles. The number of pyridine rings is 1. The maximum atomic E-state index is 11.4. The lowest BCUT2D eigenvalue weighted by Gasteiger charge is -2.04. The summed E-state index contributed by atoms with van der Waals surface area (Å²) in [6, 6.07) is 5.26. The number of hydrogen-bond acceptors (Lipinski definition) is 3. The molecular formula is C10H11N5O. The van der Waals surface area contributed by atoms with Gasteiger partial charge >= 0.3 is 6.03 Å². The molecule has 0 saturated heterocycles. The number of carbonyl (C=O) groups is 1. The minimum absolute atomic E-state index is 0.285. The Labute approximate surface area is 92.1 Å². The van der Waals surface area contributed by atoms with Crippen molar-refractivity contribution >= 4 is 11.7 Å². The largest absolute Gasteiger partial charge is 0.332 e. The van der Waals surface area contributed by atoms with Crippen molar-refractivity contribution in [3.05, 3.63) is 42.5 Å². The van der Waals surface area contributed by atoms with Crippen molar-refractivity contribution in [3.8, 4) is 0 Å². The van der Waals surface area contributed by atoms with E-state index in [1.54, 1.807) is 12.4 Å². The van der Waals surface area contributed by atoms with Gasteiger partial charge in [-0.1, -0.05) is 6.07 Å². The minimum atomic E-state index is -0.285. The Kier molecular flexibility index (Phi) is 3.12. The van der Waals surface area contributed by atoms with Crippen molar-refractivity contribution in [1.29, 1.82) is 0 Å². The fraction of sp³-hybridized carbons (Fsp3) is 0.100. The van der Waals surface area contributed by atoms with Crippen molar-refractivity contribution in [2.45, 2.75) is 6.54 Å². The molecule has 6 heteroatoms. The van der Waals surface area contributed by atoms with Crippen LogP contribution in [0.15, 0.2) is 36.8 Å². The number of amides is 2. The summed E-state index contributed by atoms with van der Waals surface area (Å²) in [5.74, 6) is 0. The highest BCUT2D eigenvalue weighted by Crippen LogP contribution is 2.00. The molecule has 0 atom stereocenters. The smallest absolute Gasteiger partial charge is 0.319 e. The van der Waals surface area contributed by atoms with Gasteiger partial charge in [-0.2, -0.15) is 5.10 Å². The second-order valence-corrected chi connectivity index (χ2v) is 3.12. The maximum absolute atomic E-state index is 11.4. The lowest BCUT2D eigenvalue weighted by molar-refractivity contribution is 0.251. The van der Waals surface area contributed by atoms with E-state index in [2.05, 4.69) is 25.8 Å². The van der Waals surface area contributed by atoms with Crippen LogP contribution >= 0.6 is 0 Å². The Hall–Kier alpha value is -2.37. The molecule has 0 fully saturated rings. The second-order valence-electron chi connectivity index (χ2n) is 3.12. The third kappa shape index (κ3) is 2.81. The van der Waals surface area contributed by atoms with E-state index in [4.69, 9.17) is 0 Å². The molecule has 2 amide bonds. The van der Waals surface area contributed by atoms with Crippen LogP contribution in [0.2, 0.25) is 0 Å². The normalized spacial score (nSPS) is 9.75. The van der Waals surface area contributed by atoms with Crippen molar-refractivity contribution in [2.75, 3.05) is 5.32 Å². The molecule has 2 rings (SSSR count). The fourth-order valence-corrected chi connectivity index (χ4v) is 1.17. The third-order valence-electron chi connectivity index (χ3n) is 1.91. The number of aromatic amines is 1. The summed E-state index contributed by atoms with van der Waals surface area (Å²) < 4.78 is 0.